The van der Waals surface area contributed by atoms with E-state index in [1.807, 2.05) is 42.5 Å². The Balaban J connectivity index is 0.00000102. The molecule has 0 atom stereocenters. The van der Waals surface area contributed by atoms with E-state index in [4.69, 9.17) is 15.2 Å². The third kappa shape index (κ3) is 6.08. The van der Waals surface area contributed by atoms with Crippen LogP contribution in [0.4, 0.5) is 5.69 Å². The molecule has 0 aliphatic heterocycles. The molecule has 0 saturated carbocycles. The maximum atomic E-state index is 5.92. The van der Waals surface area contributed by atoms with Crippen LogP contribution >= 0.6 is 24.2 Å². The SMILES string of the molecule is CCC.COc1ccc(Sc2ccccc2N)cc1OC.Cl. The molecule has 0 amide bonds. The van der Waals surface area contributed by atoms with E-state index in [1.54, 1.807) is 26.0 Å². The number of nitrogens with two attached hydrogens (primary N) is 1. The van der Waals surface area contributed by atoms with Gasteiger partial charge in [0.2, 0.25) is 0 Å². The van der Waals surface area contributed by atoms with Crippen molar-refractivity contribution in [1.82, 2.24) is 0 Å². The van der Waals surface area contributed by atoms with E-state index >= 15 is 0 Å². The molecule has 0 unspecified atom stereocenters. The maximum absolute atomic E-state index is 5.92. The minimum Gasteiger partial charge on any atom is -0.493 e. The van der Waals surface area contributed by atoms with Gasteiger partial charge in [-0.3, -0.25) is 0 Å². The van der Waals surface area contributed by atoms with Gasteiger partial charge in [0.1, 0.15) is 0 Å². The number of hydrogen-bond donors (Lipinski definition) is 1. The molecule has 0 aromatic heterocycles. The summed E-state index contributed by atoms with van der Waals surface area (Å²) in [5, 5.41) is 0. The standard InChI is InChI=1S/C14H15NO2S.C3H8.ClH/c1-16-12-8-7-10(9-13(12)17-2)18-14-6-4-3-5-11(14)15;1-3-2;/h3-9H,15H2,1-2H3;3H2,1-2H3;1H. The lowest BCUT2D eigenvalue weighted by Gasteiger charge is -2.10. The summed E-state index contributed by atoms with van der Waals surface area (Å²) in [5.74, 6) is 1.44. The van der Waals surface area contributed by atoms with Crippen LogP contribution in [-0.4, -0.2) is 14.2 Å². The van der Waals surface area contributed by atoms with Crippen LogP contribution in [0.5, 0.6) is 11.5 Å². The molecule has 0 saturated heterocycles. The van der Waals surface area contributed by atoms with Gasteiger partial charge in [0.25, 0.3) is 0 Å². The second-order valence-corrected chi connectivity index (χ2v) is 5.48. The van der Waals surface area contributed by atoms with Gasteiger partial charge in [-0.2, -0.15) is 0 Å². The zero-order chi connectivity index (χ0) is 15.7. The molecule has 3 nitrogen and oxygen atoms in total. The van der Waals surface area contributed by atoms with Gasteiger partial charge in [-0.15, -0.1) is 12.4 Å². The Morgan fingerprint density at radius 2 is 1.55 bits per heavy atom. The molecule has 5 heteroatoms. The minimum atomic E-state index is 0. The predicted octanol–water partition coefficient (Wildman–Crippen LogP) is 5.28. The molecule has 0 fully saturated rings. The molecule has 0 bridgehead atoms. The van der Waals surface area contributed by atoms with Gasteiger partial charge in [0.05, 0.1) is 14.2 Å². The average molecular weight is 342 g/mol. The zero-order valence-electron chi connectivity index (χ0n) is 13.5. The van der Waals surface area contributed by atoms with Crippen LogP contribution in [0.3, 0.4) is 0 Å². The second kappa shape index (κ2) is 11.1. The predicted molar refractivity (Wildman–Crippen MR) is 97.7 cm³/mol. The van der Waals surface area contributed by atoms with Gasteiger partial charge >= 0.3 is 0 Å². The summed E-state index contributed by atoms with van der Waals surface area (Å²) < 4.78 is 10.5. The monoisotopic (exact) mass is 341 g/mol. The molecule has 2 aromatic rings. The first-order valence-corrected chi connectivity index (χ1v) is 7.72. The van der Waals surface area contributed by atoms with E-state index in [9.17, 15) is 0 Å². The number of anilines is 1. The lowest BCUT2D eigenvalue weighted by molar-refractivity contribution is 0.354. The van der Waals surface area contributed by atoms with Crippen LogP contribution in [0.2, 0.25) is 0 Å². The largest absolute Gasteiger partial charge is 0.493 e. The first-order valence-electron chi connectivity index (χ1n) is 6.90. The molecule has 122 valence electrons. The average Bonchev–Trinajstić information content (AvgIpc) is 2.50. The Morgan fingerprint density at radius 1 is 0.955 bits per heavy atom. The fourth-order valence-electron chi connectivity index (χ4n) is 1.58. The fraction of sp³-hybridized carbons (Fsp3) is 0.294. The Morgan fingerprint density at radius 3 is 2.09 bits per heavy atom. The molecular formula is C17H24ClNO2S. The van der Waals surface area contributed by atoms with Crippen LogP contribution in [0.25, 0.3) is 0 Å². The van der Waals surface area contributed by atoms with Crippen LogP contribution in [-0.2, 0) is 0 Å². The van der Waals surface area contributed by atoms with Crippen LogP contribution in [0.15, 0.2) is 52.3 Å². The molecule has 2 rings (SSSR count). The first-order chi connectivity index (χ1) is 10.2. The molecule has 0 spiro atoms. The van der Waals surface area contributed by atoms with E-state index in [2.05, 4.69) is 13.8 Å². The van der Waals surface area contributed by atoms with Gasteiger partial charge in [0.15, 0.2) is 11.5 Å². The highest BCUT2D eigenvalue weighted by Crippen LogP contribution is 2.36. The van der Waals surface area contributed by atoms with Gasteiger partial charge in [0, 0.05) is 15.5 Å². The third-order valence-corrected chi connectivity index (χ3v) is 3.58. The quantitative estimate of drug-likeness (QED) is 0.769. The van der Waals surface area contributed by atoms with Crippen LogP contribution in [0, 0.1) is 0 Å². The summed E-state index contributed by atoms with van der Waals surface area (Å²) in [4.78, 5) is 2.09. The third-order valence-electron chi connectivity index (χ3n) is 2.50. The molecule has 0 heterocycles. The molecule has 2 N–H and O–H groups in total. The molecule has 0 aliphatic rings. The van der Waals surface area contributed by atoms with Crippen LogP contribution < -0.4 is 15.2 Å². The molecule has 0 aliphatic carbocycles. The molecule has 2 aromatic carbocycles. The van der Waals surface area contributed by atoms with Crippen molar-refractivity contribution in [2.45, 2.75) is 30.1 Å². The maximum Gasteiger partial charge on any atom is 0.161 e. The highest BCUT2D eigenvalue weighted by Gasteiger charge is 2.06. The Hall–Kier alpha value is -1.52. The van der Waals surface area contributed by atoms with Crippen molar-refractivity contribution in [3.8, 4) is 11.5 Å². The van der Waals surface area contributed by atoms with Crippen molar-refractivity contribution in [3.63, 3.8) is 0 Å². The number of ether oxygens (including phenoxy) is 2. The zero-order valence-corrected chi connectivity index (χ0v) is 15.1. The summed E-state index contributed by atoms with van der Waals surface area (Å²) >= 11 is 1.60. The number of para-hydroxylation sites is 1. The molecular weight excluding hydrogens is 318 g/mol. The van der Waals surface area contributed by atoms with Crippen molar-refractivity contribution >= 4 is 29.9 Å². The lowest BCUT2D eigenvalue weighted by atomic mass is 10.3. The number of benzene rings is 2. The van der Waals surface area contributed by atoms with Crippen LogP contribution in [0.1, 0.15) is 20.3 Å². The Labute approximate surface area is 143 Å². The van der Waals surface area contributed by atoms with Gasteiger partial charge in [-0.1, -0.05) is 44.2 Å². The van der Waals surface area contributed by atoms with Crippen molar-refractivity contribution < 1.29 is 9.47 Å². The summed E-state index contributed by atoms with van der Waals surface area (Å²) in [7, 11) is 3.25. The number of nitrogen functional groups attached to an aromatic ring is 1. The smallest absolute Gasteiger partial charge is 0.161 e. The number of hydrogen-bond acceptors (Lipinski definition) is 4. The summed E-state index contributed by atoms with van der Waals surface area (Å²) in [5.41, 5.74) is 6.69. The highest BCUT2D eigenvalue weighted by molar-refractivity contribution is 7.99. The Bertz CT molecular complexity index is 564. The normalized spacial score (nSPS) is 9.09. The van der Waals surface area contributed by atoms with Gasteiger partial charge in [-0.25, -0.2) is 0 Å². The van der Waals surface area contributed by atoms with E-state index < -0.39 is 0 Å². The summed E-state index contributed by atoms with van der Waals surface area (Å²) in [6.07, 6.45) is 1.25. The Kier molecular flexibility index (Phi) is 10.3. The van der Waals surface area contributed by atoms with Crippen molar-refractivity contribution in [1.29, 1.82) is 0 Å². The summed E-state index contributed by atoms with van der Waals surface area (Å²) in [6, 6.07) is 13.6. The molecule has 22 heavy (non-hydrogen) atoms. The number of methoxy groups -OCH3 is 2. The van der Waals surface area contributed by atoms with E-state index in [1.165, 1.54) is 6.42 Å². The van der Waals surface area contributed by atoms with E-state index in [0.29, 0.717) is 0 Å². The fourth-order valence-corrected chi connectivity index (χ4v) is 2.47. The lowest BCUT2D eigenvalue weighted by Crippen LogP contribution is -1.91. The summed E-state index contributed by atoms with van der Waals surface area (Å²) in [6.45, 7) is 4.25. The topological polar surface area (TPSA) is 44.5 Å². The highest BCUT2D eigenvalue weighted by atomic mass is 35.5. The van der Waals surface area contributed by atoms with E-state index in [-0.39, 0.29) is 12.4 Å². The van der Waals surface area contributed by atoms with Crippen molar-refractivity contribution in [3.05, 3.63) is 42.5 Å². The van der Waals surface area contributed by atoms with Crippen molar-refractivity contribution in [2.75, 3.05) is 20.0 Å². The van der Waals surface area contributed by atoms with Gasteiger partial charge in [-0.05, 0) is 30.3 Å². The number of halogens is 1. The molecule has 0 radical (unpaired) electrons. The van der Waals surface area contributed by atoms with Crippen molar-refractivity contribution in [2.24, 2.45) is 0 Å². The minimum absolute atomic E-state index is 0. The van der Waals surface area contributed by atoms with Gasteiger partial charge < -0.3 is 15.2 Å². The second-order valence-electron chi connectivity index (χ2n) is 4.36. The van der Waals surface area contributed by atoms with E-state index in [0.717, 1.165) is 27.0 Å². The first kappa shape index (κ1) is 20.5. The number of rotatable bonds is 4.